The third-order valence-electron chi connectivity index (χ3n) is 4.31. The minimum Gasteiger partial charge on any atom is -0.490 e. The number of aliphatic imine (C=N–C) groups is 1. The zero-order valence-corrected chi connectivity index (χ0v) is 15.2. The van der Waals surface area contributed by atoms with Crippen molar-refractivity contribution in [2.45, 2.75) is 51.7 Å². The lowest BCUT2D eigenvalue weighted by molar-refractivity contribution is 0.195. The molecule has 0 spiro atoms. The van der Waals surface area contributed by atoms with Crippen molar-refractivity contribution < 1.29 is 9.47 Å². The van der Waals surface area contributed by atoms with Gasteiger partial charge in [-0.25, -0.2) is 0 Å². The molecule has 0 aliphatic heterocycles. The van der Waals surface area contributed by atoms with Crippen molar-refractivity contribution in [3.8, 4) is 5.75 Å². The van der Waals surface area contributed by atoms with Gasteiger partial charge < -0.3 is 20.1 Å². The first-order valence-corrected chi connectivity index (χ1v) is 8.92. The van der Waals surface area contributed by atoms with Gasteiger partial charge in [0.05, 0.1) is 6.10 Å². The standard InChI is InChI=1S/C19H31N3O2/c1-15-9-10-16(18(13-15)24-17-7-4-5-8-17)14-22-19(20-2)21-11-6-12-23-3/h9-10,13,17H,4-8,11-12,14H2,1-3H3,(H2,20,21,22). The molecule has 0 heterocycles. The normalized spacial score (nSPS) is 15.5. The van der Waals surface area contributed by atoms with Crippen molar-refractivity contribution in [3.05, 3.63) is 29.3 Å². The lowest BCUT2D eigenvalue weighted by Gasteiger charge is -2.18. The van der Waals surface area contributed by atoms with Gasteiger partial charge in [0.1, 0.15) is 5.75 Å². The molecule has 2 rings (SSSR count). The molecule has 1 aromatic rings. The molecule has 0 saturated heterocycles. The molecule has 5 heteroatoms. The van der Waals surface area contributed by atoms with Crippen LogP contribution in [0.2, 0.25) is 0 Å². The minimum atomic E-state index is 0.372. The average Bonchev–Trinajstić information content (AvgIpc) is 3.09. The monoisotopic (exact) mass is 333 g/mol. The van der Waals surface area contributed by atoms with E-state index < -0.39 is 0 Å². The first-order chi connectivity index (χ1) is 11.7. The summed E-state index contributed by atoms with van der Waals surface area (Å²) in [6.07, 6.45) is 6.23. The number of ether oxygens (including phenoxy) is 2. The van der Waals surface area contributed by atoms with Gasteiger partial charge in [-0.2, -0.15) is 0 Å². The average molecular weight is 333 g/mol. The highest BCUT2D eigenvalue weighted by Crippen LogP contribution is 2.27. The van der Waals surface area contributed by atoms with Crippen molar-refractivity contribution in [1.29, 1.82) is 0 Å². The van der Waals surface area contributed by atoms with Crippen LogP contribution >= 0.6 is 0 Å². The van der Waals surface area contributed by atoms with Crippen molar-refractivity contribution in [3.63, 3.8) is 0 Å². The molecule has 1 aliphatic carbocycles. The summed E-state index contributed by atoms with van der Waals surface area (Å²) < 4.78 is 11.3. The topological polar surface area (TPSA) is 54.9 Å². The van der Waals surface area contributed by atoms with Gasteiger partial charge in [0.15, 0.2) is 5.96 Å². The Bertz CT molecular complexity index is 525. The Hall–Kier alpha value is -1.75. The van der Waals surface area contributed by atoms with Gasteiger partial charge in [-0.1, -0.05) is 12.1 Å². The van der Waals surface area contributed by atoms with E-state index >= 15 is 0 Å². The predicted molar refractivity (Wildman–Crippen MR) is 98.8 cm³/mol. The van der Waals surface area contributed by atoms with Crippen molar-refractivity contribution in [2.75, 3.05) is 27.3 Å². The number of aryl methyl sites for hydroxylation is 1. The Kier molecular flexibility index (Phi) is 7.89. The van der Waals surface area contributed by atoms with Crippen LogP contribution in [0.4, 0.5) is 0 Å². The molecule has 0 bridgehead atoms. The molecular formula is C19H31N3O2. The second kappa shape index (κ2) is 10.2. The van der Waals surface area contributed by atoms with Gasteiger partial charge in [0.25, 0.3) is 0 Å². The predicted octanol–water partition coefficient (Wildman–Crippen LogP) is 3.02. The molecule has 5 nitrogen and oxygen atoms in total. The van der Waals surface area contributed by atoms with Gasteiger partial charge in [-0.05, 0) is 50.7 Å². The SMILES string of the molecule is CN=C(NCCCOC)NCc1ccc(C)cc1OC1CCCC1. The van der Waals surface area contributed by atoms with Crippen LogP contribution in [-0.2, 0) is 11.3 Å². The Balaban J connectivity index is 1.90. The summed E-state index contributed by atoms with van der Waals surface area (Å²) in [4.78, 5) is 4.26. The number of nitrogens with zero attached hydrogens (tertiary/aromatic N) is 1. The summed E-state index contributed by atoms with van der Waals surface area (Å²) in [5.74, 6) is 1.81. The van der Waals surface area contributed by atoms with Crippen LogP contribution < -0.4 is 15.4 Å². The molecule has 1 saturated carbocycles. The van der Waals surface area contributed by atoms with Crippen LogP contribution in [0.5, 0.6) is 5.75 Å². The Morgan fingerprint density at radius 2 is 2.04 bits per heavy atom. The fourth-order valence-electron chi connectivity index (χ4n) is 2.93. The van der Waals surface area contributed by atoms with E-state index in [1.165, 1.54) is 36.8 Å². The number of hydrogen-bond donors (Lipinski definition) is 2. The second-order valence-electron chi connectivity index (χ2n) is 6.33. The van der Waals surface area contributed by atoms with Crippen molar-refractivity contribution in [2.24, 2.45) is 4.99 Å². The van der Waals surface area contributed by atoms with E-state index in [-0.39, 0.29) is 0 Å². The molecular weight excluding hydrogens is 302 g/mol. The van der Waals surface area contributed by atoms with Gasteiger partial charge in [-0.3, -0.25) is 4.99 Å². The van der Waals surface area contributed by atoms with E-state index in [1.54, 1.807) is 14.2 Å². The highest BCUT2D eigenvalue weighted by molar-refractivity contribution is 5.79. The highest BCUT2D eigenvalue weighted by Gasteiger charge is 2.18. The fourth-order valence-corrected chi connectivity index (χ4v) is 2.93. The van der Waals surface area contributed by atoms with Crippen LogP contribution in [0.1, 0.15) is 43.2 Å². The summed E-state index contributed by atoms with van der Waals surface area (Å²) in [5, 5.41) is 6.66. The third-order valence-corrected chi connectivity index (χ3v) is 4.31. The quantitative estimate of drug-likeness (QED) is 0.436. The number of benzene rings is 1. The molecule has 1 aliphatic rings. The number of guanidine groups is 1. The van der Waals surface area contributed by atoms with Gasteiger partial charge in [0, 0.05) is 39.4 Å². The van der Waals surface area contributed by atoms with Crippen LogP contribution in [0.15, 0.2) is 23.2 Å². The van der Waals surface area contributed by atoms with Crippen molar-refractivity contribution in [1.82, 2.24) is 10.6 Å². The first-order valence-electron chi connectivity index (χ1n) is 8.92. The molecule has 0 radical (unpaired) electrons. The first kappa shape index (κ1) is 18.6. The van der Waals surface area contributed by atoms with E-state index in [0.717, 1.165) is 31.3 Å². The number of nitrogens with one attached hydrogen (secondary N) is 2. The maximum absolute atomic E-state index is 6.25. The molecule has 2 N–H and O–H groups in total. The molecule has 0 atom stereocenters. The molecule has 1 fully saturated rings. The summed E-state index contributed by atoms with van der Waals surface area (Å²) in [5.41, 5.74) is 2.40. The molecule has 134 valence electrons. The molecule has 0 aromatic heterocycles. The van der Waals surface area contributed by atoms with Crippen LogP contribution in [0, 0.1) is 6.92 Å². The minimum absolute atomic E-state index is 0.372. The molecule has 0 amide bonds. The van der Waals surface area contributed by atoms with E-state index in [9.17, 15) is 0 Å². The fraction of sp³-hybridized carbons (Fsp3) is 0.632. The number of hydrogen-bond acceptors (Lipinski definition) is 3. The molecule has 24 heavy (non-hydrogen) atoms. The Morgan fingerprint density at radius 3 is 2.75 bits per heavy atom. The lowest BCUT2D eigenvalue weighted by atomic mass is 10.1. The zero-order valence-electron chi connectivity index (χ0n) is 15.2. The summed E-state index contributed by atoms with van der Waals surface area (Å²) in [6, 6.07) is 6.42. The molecule has 0 unspecified atom stereocenters. The second-order valence-corrected chi connectivity index (χ2v) is 6.33. The lowest BCUT2D eigenvalue weighted by Crippen LogP contribution is -2.37. The summed E-state index contributed by atoms with van der Waals surface area (Å²) in [6.45, 7) is 4.40. The largest absolute Gasteiger partial charge is 0.490 e. The molecule has 1 aromatic carbocycles. The van der Waals surface area contributed by atoms with E-state index in [1.807, 2.05) is 0 Å². The Morgan fingerprint density at radius 1 is 1.25 bits per heavy atom. The zero-order chi connectivity index (χ0) is 17.2. The summed E-state index contributed by atoms with van der Waals surface area (Å²) >= 11 is 0. The highest BCUT2D eigenvalue weighted by atomic mass is 16.5. The van der Waals surface area contributed by atoms with Gasteiger partial charge in [-0.15, -0.1) is 0 Å². The smallest absolute Gasteiger partial charge is 0.191 e. The maximum atomic E-state index is 6.25. The van der Waals surface area contributed by atoms with Crippen LogP contribution in [0.25, 0.3) is 0 Å². The van der Waals surface area contributed by atoms with Gasteiger partial charge in [0.2, 0.25) is 0 Å². The third kappa shape index (κ3) is 6.04. The van der Waals surface area contributed by atoms with E-state index in [0.29, 0.717) is 12.6 Å². The van der Waals surface area contributed by atoms with E-state index in [4.69, 9.17) is 9.47 Å². The van der Waals surface area contributed by atoms with Crippen molar-refractivity contribution >= 4 is 5.96 Å². The Labute approximate surface area is 145 Å². The number of rotatable bonds is 8. The van der Waals surface area contributed by atoms with E-state index in [2.05, 4.69) is 40.7 Å². The number of methoxy groups -OCH3 is 1. The van der Waals surface area contributed by atoms with Crippen LogP contribution in [0.3, 0.4) is 0 Å². The summed E-state index contributed by atoms with van der Waals surface area (Å²) in [7, 11) is 3.51. The van der Waals surface area contributed by atoms with Gasteiger partial charge >= 0.3 is 0 Å². The maximum Gasteiger partial charge on any atom is 0.191 e. The van der Waals surface area contributed by atoms with Crippen LogP contribution in [-0.4, -0.2) is 39.4 Å².